The molecule has 0 aromatic carbocycles. The number of carbonyl (C=O) groups is 1. The van der Waals surface area contributed by atoms with Crippen LogP contribution in [0, 0.1) is 5.92 Å². The number of amides is 1. The largest absolute Gasteiger partial charge is 0.393 e. The number of aromatic nitrogens is 2. The summed E-state index contributed by atoms with van der Waals surface area (Å²) in [7, 11) is 0. The van der Waals surface area contributed by atoms with Gasteiger partial charge in [0.05, 0.1) is 12.3 Å². The summed E-state index contributed by atoms with van der Waals surface area (Å²) in [4.78, 5) is 14.7. The number of aliphatic hydroxyl groups excluding tert-OH is 1. The van der Waals surface area contributed by atoms with Gasteiger partial charge >= 0.3 is 0 Å². The smallest absolute Gasteiger partial charge is 0.226 e. The van der Waals surface area contributed by atoms with Gasteiger partial charge in [0.2, 0.25) is 5.91 Å². The summed E-state index contributed by atoms with van der Waals surface area (Å²) in [6, 6.07) is 0.227. The molecule has 0 radical (unpaired) electrons. The minimum atomic E-state index is -0.334. The van der Waals surface area contributed by atoms with E-state index in [4.69, 9.17) is 0 Å². The summed E-state index contributed by atoms with van der Waals surface area (Å²) >= 11 is 0. The second kappa shape index (κ2) is 5.56. The summed E-state index contributed by atoms with van der Waals surface area (Å²) in [6.07, 6.45) is 6.98. The predicted octanol–water partition coefficient (Wildman–Crippen LogP) is 1.28. The summed E-state index contributed by atoms with van der Waals surface area (Å²) in [6.45, 7) is 2.65. The molecule has 2 aliphatic rings. The van der Waals surface area contributed by atoms with Gasteiger partial charge in [-0.3, -0.25) is 9.89 Å². The lowest BCUT2D eigenvalue weighted by Crippen LogP contribution is -2.42. The molecule has 2 heterocycles. The third-order valence-electron chi connectivity index (χ3n) is 4.64. The van der Waals surface area contributed by atoms with Crippen LogP contribution in [0.15, 0.2) is 6.20 Å². The molecule has 110 valence electrons. The zero-order chi connectivity index (χ0) is 14.1. The molecule has 20 heavy (non-hydrogen) atoms. The van der Waals surface area contributed by atoms with E-state index in [1.165, 1.54) is 5.56 Å². The van der Waals surface area contributed by atoms with Crippen LogP contribution in [-0.2, 0) is 17.6 Å². The molecule has 5 heteroatoms. The summed E-state index contributed by atoms with van der Waals surface area (Å²) in [5.41, 5.74) is 2.39. The van der Waals surface area contributed by atoms with Crippen LogP contribution >= 0.6 is 0 Å². The molecule has 1 saturated heterocycles. The Morgan fingerprint density at radius 2 is 2.45 bits per heavy atom. The molecule has 1 aliphatic carbocycles. The SMILES string of the molecule is CC(O)CC1CCCN1C(=O)C1CCc2cn[nH]c2C1. The number of H-pyrrole nitrogens is 1. The molecule has 3 unspecified atom stereocenters. The van der Waals surface area contributed by atoms with Crippen molar-refractivity contribution in [2.75, 3.05) is 6.54 Å². The van der Waals surface area contributed by atoms with E-state index in [1.807, 2.05) is 11.1 Å². The minimum absolute atomic E-state index is 0.0811. The van der Waals surface area contributed by atoms with Crippen molar-refractivity contribution >= 4 is 5.91 Å². The van der Waals surface area contributed by atoms with Crippen LogP contribution in [0.5, 0.6) is 0 Å². The lowest BCUT2D eigenvalue weighted by molar-refractivity contribution is -0.137. The highest BCUT2D eigenvalue weighted by molar-refractivity contribution is 5.80. The van der Waals surface area contributed by atoms with Crippen molar-refractivity contribution in [3.8, 4) is 0 Å². The average molecular weight is 277 g/mol. The van der Waals surface area contributed by atoms with Gasteiger partial charge in [-0.1, -0.05) is 0 Å². The number of fused-ring (bicyclic) bond motifs is 1. The van der Waals surface area contributed by atoms with Crippen LogP contribution in [0.25, 0.3) is 0 Å². The summed E-state index contributed by atoms with van der Waals surface area (Å²) in [5, 5.41) is 16.7. The standard InChI is InChI=1S/C15H23N3O2/c1-10(19)7-13-3-2-6-18(13)15(20)11-4-5-12-9-16-17-14(12)8-11/h9-11,13,19H,2-8H2,1H3,(H,16,17). The van der Waals surface area contributed by atoms with Gasteiger partial charge in [-0.15, -0.1) is 0 Å². The van der Waals surface area contributed by atoms with Crippen LogP contribution in [0.4, 0.5) is 0 Å². The van der Waals surface area contributed by atoms with Crippen molar-refractivity contribution in [2.45, 2.75) is 57.6 Å². The minimum Gasteiger partial charge on any atom is -0.393 e. The fourth-order valence-electron chi connectivity index (χ4n) is 3.62. The van der Waals surface area contributed by atoms with E-state index in [0.29, 0.717) is 6.42 Å². The van der Waals surface area contributed by atoms with Crippen LogP contribution in [0.2, 0.25) is 0 Å². The Hall–Kier alpha value is -1.36. The first-order valence-electron chi connectivity index (χ1n) is 7.65. The first kappa shape index (κ1) is 13.6. The van der Waals surface area contributed by atoms with Crippen LogP contribution in [-0.4, -0.2) is 44.8 Å². The molecule has 0 bridgehead atoms. The molecule has 1 aliphatic heterocycles. The monoisotopic (exact) mass is 277 g/mol. The Labute approximate surface area is 119 Å². The average Bonchev–Trinajstić information content (AvgIpc) is 3.04. The number of aryl methyl sites for hydroxylation is 1. The molecule has 1 aromatic rings. The maximum Gasteiger partial charge on any atom is 0.226 e. The van der Waals surface area contributed by atoms with Crippen LogP contribution < -0.4 is 0 Å². The molecule has 1 aromatic heterocycles. The van der Waals surface area contributed by atoms with Gasteiger partial charge in [0.15, 0.2) is 0 Å². The Morgan fingerprint density at radius 1 is 1.60 bits per heavy atom. The van der Waals surface area contributed by atoms with Gasteiger partial charge in [0.1, 0.15) is 0 Å². The number of carbonyl (C=O) groups excluding carboxylic acids is 1. The van der Waals surface area contributed by atoms with Crippen LogP contribution in [0.3, 0.4) is 0 Å². The zero-order valence-electron chi connectivity index (χ0n) is 12.0. The van der Waals surface area contributed by atoms with Crippen LogP contribution in [0.1, 0.15) is 43.9 Å². The number of hydrogen-bond donors (Lipinski definition) is 2. The highest BCUT2D eigenvalue weighted by Gasteiger charge is 2.35. The van der Waals surface area contributed by atoms with E-state index in [0.717, 1.165) is 44.3 Å². The number of aromatic amines is 1. The van der Waals surface area contributed by atoms with E-state index in [-0.39, 0.29) is 24.0 Å². The van der Waals surface area contributed by atoms with Crippen molar-refractivity contribution in [2.24, 2.45) is 5.92 Å². The van der Waals surface area contributed by atoms with Gasteiger partial charge in [-0.2, -0.15) is 5.10 Å². The first-order chi connectivity index (χ1) is 9.65. The van der Waals surface area contributed by atoms with E-state index in [1.54, 1.807) is 6.92 Å². The van der Waals surface area contributed by atoms with Gasteiger partial charge in [0, 0.05) is 30.6 Å². The van der Waals surface area contributed by atoms with E-state index >= 15 is 0 Å². The van der Waals surface area contributed by atoms with Crippen molar-refractivity contribution < 1.29 is 9.90 Å². The summed E-state index contributed by atoms with van der Waals surface area (Å²) in [5.74, 6) is 0.353. The topological polar surface area (TPSA) is 69.2 Å². The zero-order valence-corrected chi connectivity index (χ0v) is 12.0. The fourth-order valence-corrected chi connectivity index (χ4v) is 3.62. The molecule has 0 saturated carbocycles. The predicted molar refractivity (Wildman–Crippen MR) is 75.1 cm³/mol. The number of rotatable bonds is 3. The Kier molecular flexibility index (Phi) is 3.78. The lowest BCUT2D eigenvalue weighted by atomic mass is 9.87. The Bertz CT molecular complexity index is 483. The number of hydrogen-bond acceptors (Lipinski definition) is 3. The summed E-state index contributed by atoms with van der Waals surface area (Å²) < 4.78 is 0. The van der Waals surface area contributed by atoms with Crippen molar-refractivity contribution in [1.29, 1.82) is 0 Å². The number of aliphatic hydroxyl groups is 1. The first-order valence-corrected chi connectivity index (χ1v) is 7.65. The third-order valence-corrected chi connectivity index (χ3v) is 4.64. The van der Waals surface area contributed by atoms with E-state index in [9.17, 15) is 9.90 Å². The molecule has 3 atom stereocenters. The molecule has 0 spiro atoms. The molecular weight excluding hydrogens is 254 g/mol. The Balaban J connectivity index is 1.67. The number of likely N-dealkylation sites (tertiary alicyclic amines) is 1. The lowest BCUT2D eigenvalue weighted by Gasteiger charge is -2.31. The number of nitrogens with zero attached hydrogens (tertiary/aromatic N) is 2. The van der Waals surface area contributed by atoms with Crippen molar-refractivity contribution in [3.05, 3.63) is 17.5 Å². The second-order valence-electron chi connectivity index (χ2n) is 6.23. The van der Waals surface area contributed by atoms with E-state index in [2.05, 4.69) is 10.2 Å². The normalized spacial score (nSPS) is 27.4. The third kappa shape index (κ3) is 2.59. The van der Waals surface area contributed by atoms with Crippen molar-refractivity contribution in [1.82, 2.24) is 15.1 Å². The van der Waals surface area contributed by atoms with Gasteiger partial charge < -0.3 is 10.0 Å². The Morgan fingerprint density at radius 3 is 3.25 bits per heavy atom. The molecule has 1 fully saturated rings. The maximum atomic E-state index is 12.7. The van der Waals surface area contributed by atoms with Gasteiger partial charge in [0.25, 0.3) is 0 Å². The highest BCUT2D eigenvalue weighted by Crippen LogP contribution is 2.29. The molecule has 5 nitrogen and oxygen atoms in total. The fraction of sp³-hybridized carbons (Fsp3) is 0.733. The molecule has 2 N–H and O–H groups in total. The molecule has 1 amide bonds. The molecule has 3 rings (SSSR count). The highest BCUT2D eigenvalue weighted by atomic mass is 16.3. The molecular formula is C15H23N3O2. The second-order valence-corrected chi connectivity index (χ2v) is 6.23. The quantitative estimate of drug-likeness (QED) is 0.874. The maximum absolute atomic E-state index is 12.7. The van der Waals surface area contributed by atoms with E-state index < -0.39 is 0 Å². The van der Waals surface area contributed by atoms with Gasteiger partial charge in [-0.25, -0.2) is 0 Å². The van der Waals surface area contributed by atoms with Gasteiger partial charge in [-0.05, 0) is 44.6 Å². The van der Waals surface area contributed by atoms with Crippen molar-refractivity contribution in [3.63, 3.8) is 0 Å². The number of nitrogens with one attached hydrogen (secondary N) is 1.